The minimum atomic E-state index is -0.442. The summed E-state index contributed by atoms with van der Waals surface area (Å²) in [6.45, 7) is 3.70. The third-order valence-corrected chi connectivity index (χ3v) is 5.03. The van der Waals surface area contributed by atoms with Crippen molar-refractivity contribution in [3.05, 3.63) is 40.7 Å². The lowest BCUT2D eigenvalue weighted by Crippen LogP contribution is -2.12. The smallest absolute Gasteiger partial charge is 0.350 e. The van der Waals surface area contributed by atoms with Crippen molar-refractivity contribution in [2.75, 3.05) is 17.7 Å². The van der Waals surface area contributed by atoms with E-state index in [9.17, 15) is 14.0 Å². The van der Waals surface area contributed by atoms with Crippen LogP contribution in [0, 0.1) is 12.7 Å². The Balaban J connectivity index is 1.85. The molecule has 0 saturated heterocycles. The molecule has 2 rings (SSSR count). The fourth-order valence-corrected chi connectivity index (χ4v) is 3.60. The van der Waals surface area contributed by atoms with Crippen LogP contribution in [0.1, 0.15) is 28.7 Å². The number of nitrogens with one attached hydrogen (secondary N) is 1. The van der Waals surface area contributed by atoms with E-state index in [1.807, 2.05) is 0 Å². The van der Waals surface area contributed by atoms with Crippen LogP contribution in [0.25, 0.3) is 0 Å². The number of amides is 1. The van der Waals surface area contributed by atoms with Gasteiger partial charge < -0.3 is 10.1 Å². The second kappa shape index (κ2) is 8.79. The number of hydrogen-bond donors (Lipinski definition) is 1. The van der Waals surface area contributed by atoms with Crippen molar-refractivity contribution in [2.24, 2.45) is 0 Å². The minimum absolute atomic E-state index is 0.215. The average molecular weight is 368 g/mol. The molecule has 1 N–H and O–H groups in total. The van der Waals surface area contributed by atoms with E-state index in [0.29, 0.717) is 26.4 Å². The van der Waals surface area contributed by atoms with E-state index >= 15 is 0 Å². The van der Waals surface area contributed by atoms with Crippen LogP contribution in [-0.2, 0) is 9.53 Å². The lowest BCUT2D eigenvalue weighted by Gasteiger charge is -2.03. The van der Waals surface area contributed by atoms with Crippen molar-refractivity contribution in [2.45, 2.75) is 25.2 Å². The highest BCUT2D eigenvalue weighted by Gasteiger charge is 2.17. The zero-order valence-corrected chi connectivity index (χ0v) is 14.9. The number of benzene rings is 1. The second-order valence-electron chi connectivity index (χ2n) is 4.73. The summed E-state index contributed by atoms with van der Waals surface area (Å²) in [5, 5.41) is 3.01. The Kier molecular flexibility index (Phi) is 6.74. The van der Waals surface area contributed by atoms with Gasteiger partial charge in [-0.25, -0.2) is 14.2 Å². The monoisotopic (exact) mass is 368 g/mol. The number of halogens is 1. The number of nitrogens with zero attached hydrogens (tertiary/aromatic N) is 1. The van der Waals surface area contributed by atoms with E-state index in [2.05, 4.69) is 10.3 Å². The standard InChI is InChI=1S/C16H17FN2O3S2/c1-3-22-15(21)14-10(2)18-16(24-14)19-13(20)8-9-23-12-7-5-4-6-11(12)17/h4-7H,3,8-9H2,1-2H3,(H,18,19,20). The van der Waals surface area contributed by atoms with Gasteiger partial charge in [-0.2, -0.15) is 0 Å². The van der Waals surface area contributed by atoms with E-state index in [4.69, 9.17) is 4.74 Å². The van der Waals surface area contributed by atoms with Crippen LogP contribution in [0.2, 0.25) is 0 Å². The Morgan fingerprint density at radius 2 is 2.12 bits per heavy atom. The van der Waals surface area contributed by atoms with E-state index in [1.54, 1.807) is 32.0 Å². The summed E-state index contributed by atoms with van der Waals surface area (Å²) < 4.78 is 18.4. The van der Waals surface area contributed by atoms with Gasteiger partial charge in [0.1, 0.15) is 10.7 Å². The summed E-state index contributed by atoms with van der Waals surface area (Å²) in [5.74, 6) is -0.523. The Bertz CT molecular complexity index is 734. The number of ether oxygens (including phenoxy) is 1. The van der Waals surface area contributed by atoms with Crippen molar-refractivity contribution in [1.82, 2.24) is 4.98 Å². The van der Waals surface area contributed by atoms with Crippen LogP contribution in [-0.4, -0.2) is 29.2 Å². The van der Waals surface area contributed by atoms with E-state index in [-0.39, 0.29) is 24.8 Å². The number of aryl methyl sites for hydroxylation is 1. The normalized spacial score (nSPS) is 10.5. The lowest BCUT2D eigenvalue weighted by molar-refractivity contribution is -0.115. The van der Waals surface area contributed by atoms with Crippen LogP contribution < -0.4 is 5.32 Å². The number of esters is 1. The number of aromatic nitrogens is 1. The maximum Gasteiger partial charge on any atom is 0.350 e. The van der Waals surface area contributed by atoms with Gasteiger partial charge in [0.15, 0.2) is 5.13 Å². The van der Waals surface area contributed by atoms with Gasteiger partial charge in [0.25, 0.3) is 0 Å². The van der Waals surface area contributed by atoms with E-state index < -0.39 is 5.97 Å². The van der Waals surface area contributed by atoms with Gasteiger partial charge >= 0.3 is 5.97 Å². The fraction of sp³-hybridized carbons (Fsp3) is 0.312. The summed E-state index contributed by atoms with van der Waals surface area (Å²) in [4.78, 5) is 28.7. The highest BCUT2D eigenvalue weighted by Crippen LogP contribution is 2.25. The molecule has 5 nitrogen and oxygen atoms in total. The quantitative estimate of drug-likeness (QED) is 0.593. The number of rotatable bonds is 7. The highest BCUT2D eigenvalue weighted by atomic mass is 32.2. The zero-order valence-electron chi connectivity index (χ0n) is 13.3. The Labute approximate surface area is 147 Å². The first-order valence-corrected chi connectivity index (χ1v) is 9.13. The molecule has 0 atom stereocenters. The van der Waals surface area contributed by atoms with Crippen molar-refractivity contribution in [1.29, 1.82) is 0 Å². The zero-order chi connectivity index (χ0) is 17.5. The molecule has 24 heavy (non-hydrogen) atoms. The molecule has 0 aliphatic carbocycles. The fourth-order valence-electron chi connectivity index (χ4n) is 1.83. The molecular weight excluding hydrogens is 351 g/mol. The Morgan fingerprint density at radius 1 is 1.38 bits per heavy atom. The number of hydrogen-bond acceptors (Lipinski definition) is 6. The van der Waals surface area contributed by atoms with Crippen molar-refractivity contribution in [3.63, 3.8) is 0 Å². The topological polar surface area (TPSA) is 68.3 Å². The number of thioether (sulfide) groups is 1. The Hall–Kier alpha value is -1.93. The summed E-state index contributed by atoms with van der Waals surface area (Å²) >= 11 is 2.36. The molecule has 128 valence electrons. The van der Waals surface area contributed by atoms with Gasteiger partial charge in [0, 0.05) is 17.1 Å². The summed E-state index contributed by atoms with van der Waals surface area (Å²) in [6, 6.07) is 6.43. The number of carbonyl (C=O) groups excluding carboxylic acids is 2. The number of thiazole rings is 1. The van der Waals surface area contributed by atoms with Crippen molar-refractivity contribution < 1.29 is 18.7 Å². The number of carbonyl (C=O) groups is 2. The first-order chi connectivity index (χ1) is 11.5. The van der Waals surface area contributed by atoms with Gasteiger partial charge in [0.2, 0.25) is 5.91 Å². The first-order valence-electron chi connectivity index (χ1n) is 7.33. The second-order valence-corrected chi connectivity index (χ2v) is 6.87. The van der Waals surface area contributed by atoms with Crippen molar-refractivity contribution >= 4 is 40.1 Å². The third kappa shape index (κ3) is 5.04. The summed E-state index contributed by atoms with van der Waals surface area (Å²) in [5.41, 5.74) is 0.523. The Morgan fingerprint density at radius 3 is 2.83 bits per heavy atom. The molecule has 0 saturated carbocycles. The van der Waals surface area contributed by atoms with Crippen LogP contribution in [0.5, 0.6) is 0 Å². The van der Waals surface area contributed by atoms with Gasteiger partial charge in [-0.3, -0.25) is 4.79 Å². The first kappa shape index (κ1) is 18.4. The maximum absolute atomic E-state index is 13.5. The molecule has 0 unspecified atom stereocenters. The van der Waals surface area contributed by atoms with E-state index in [1.165, 1.54) is 17.8 Å². The molecule has 1 aromatic carbocycles. The molecule has 0 fully saturated rings. The average Bonchev–Trinajstić information content (AvgIpc) is 2.90. The summed E-state index contributed by atoms with van der Waals surface area (Å²) in [6.07, 6.45) is 0.215. The van der Waals surface area contributed by atoms with E-state index in [0.717, 1.165) is 11.3 Å². The molecule has 8 heteroatoms. The SMILES string of the molecule is CCOC(=O)c1sc(NC(=O)CCSc2ccccc2F)nc1C. The molecular formula is C16H17FN2O3S2. The molecule has 0 aliphatic heterocycles. The lowest BCUT2D eigenvalue weighted by atomic mass is 10.3. The third-order valence-electron chi connectivity index (χ3n) is 2.93. The maximum atomic E-state index is 13.5. The predicted molar refractivity (Wildman–Crippen MR) is 93.2 cm³/mol. The van der Waals surface area contributed by atoms with Crippen molar-refractivity contribution in [3.8, 4) is 0 Å². The highest BCUT2D eigenvalue weighted by molar-refractivity contribution is 7.99. The minimum Gasteiger partial charge on any atom is -0.462 e. The largest absolute Gasteiger partial charge is 0.462 e. The molecule has 1 amide bonds. The van der Waals surface area contributed by atoms with Gasteiger partial charge in [-0.15, -0.1) is 11.8 Å². The molecule has 0 aliphatic rings. The predicted octanol–water partition coefficient (Wildman–Crippen LogP) is 3.89. The van der Waals surface area contributed by atoms with Crippen LogP contribution in [0.3, 0.4) is 0 Å². The van der Waals surface area contributed by atoms with Gasteiger partial charge in [0.05, 0.1) is 12.3 Å². The van der Waals surface area contributed by atoms with Gasteiger partial charge in [-0.1, -0.05) is 23.5 Å². The molecule has 1 aromatic heterocycles. The molecule has 1 heterocycles. The van der Waals surface area contributed by atoms with Gasteiger partial charge in [-0.05, 0) is 26.0 Å². The van der Waals surface area contributed by atoms with Crippen LogP contribution >= 0.6 is 23.1 Å². The molecule has 2 aromatic rings. The van der Waals surface area contributed by atoms with Crippen LogP contribution in [0.4, 0.5) is 9.52 Å². The summed E-state index contributed by atoms with van der Waals surface area (Å²) in [7, 11) is 0. The van der Waals surface area contributed by atoms with Crippen LogP contribution in [0.15, 0.2) is 29.2 Å². The molecule has 0 spiro atoms. The molecule has 0 radical (unpaired) electrons. The molecule has 0 bridgehead atoms. The number of anilines is 1.